The summed E-state index contributed by atoms with van der Waals surface area (Å²) in [7, 11) is -3.48. The summed E-state index contributed by atoms with van der Waals surface area (Å²) in [6.45, 7) is 0.686. The summed E-state index contributed by atoms with van der Waals surface area (Å²) in [5.74, 6) is -0.145. The number of anilines is 1. The van der Waals surface area contributed by atoms with Crippen LogP contribution >= 0.6 is 22.9 Å². The van der Waals surface area contributed by atoms with Gasteiger partial charge in [-0.3, -0.25) is 0 Å². The Labute approximate surface area is 121 Å². The van der Waals surface area contributed by atoms with E-state index < -0.39 is 10.0 Å². The molecule has 0 fully saturated rings. The number of thiophene rings is 1. The van der Waals surface area contributed by atoms with Gasteiger partial charge in [-0.05, 0) is 23.8 Å². The normalized spacial score (nSPS) is 11.5. The zero-order chi connectivity index (χ0) is 13.9. The average molecular weight is 317 g/mol. The van der Waals surface area contributed by atoms with Gasteiger partial charge in [-0.25, -0.2) is 13.6 Å². The van der Waals surface area contributed by atoms with Gasteiger partial charge >= 0.3 is 0 Å². The lowest BCUT2D eigenvalue weighted by Crippen LogP contribution is -2.14. The first-order chi connectivity index (χ1) is 8.92. The topological polar surface area (TPSA) is 72.2 Å². The second kappa shape index (κ2) is 5.92. The largest absolute Gasteiger partial charge is 0.380 e. The zero-order valence-electron chi connectivity index (χ0n) is 9.97. The van der Waals surface area contributed by atoms with Crippen LogP contribution in [0.15, 0.2) is 35.7 Å². The van der Waals surface area contributed by atoms with Crippen LogP contribution in [-0.4, -0.2) is 8.42 Å². The standard InChI is InChI=1S/C12H13ClN2O2S2/c13-10-5-12(18-7-10)6-15-11-3-1-9(2-4-11)8-19(14,16)17/h1-5,7,15H,6,8H2,(H2,14,16,17). The van der Waals surface area contributed by atoms with Gasteiger partial charge in [0.1, 0.15) is 0 Å². The minimum absolute atomic E-state index is 0.145. The number of nitrogens with one attached hydrogen (secondary N) is 1. The number of sulfonamides is 1. The van der Waals surface area contributed by atoms with Gasteiger partial charge < -0.3 is 5.32 Å². The summed E-state index contributed by atoms with van der Waals surface area (Å²) in [5, 5.41) is 10.8. The minimum Gasteiger partial charge on any atom is -0.380 e. The van der Waals surface area contributed by atoms with Gasteiger partial charge in [0.2, 0.25) is 10.0 Å². The van der Waals surface area contributed by atoms with Gasteiger partial charge in [-0.15, -0.1) is 11.3 Å². The molecule has 2 aromatic rings. The average Bonchev–Trinajstić information content (AvgIpc) is 2.72. The van der Waals surface area contributed by atoms with E-state index in [9.17, 15) is 8.42 Å². The fourth-order valence-electron chi connectivity index (χ4n) is 1.59. The van der Waals surface area contributed by atoms with E-state index in [0.29, 0.717) is 12.1 Å². The number of nitrogens with two attached hydrogens (primary N) is 1. The molecule has 1 heterocycles. The minimum atomic E-state index is -3.48. The predicted molar refractivity (Wildman–Crippen MR) is 79.9 cm³/mol. The Morgan fingerprint density at radius 2 is 1.95 bits per heavy atom. The summed E-state index contributed by atoms with van der Waals surface area (Å²) in [5.41, 5.74) is 1.59. The third kappa shape index (κ3) is 4.83. The molecule has 1 aromatic heterocycles. The van der Waals surface area contributed by atoms with Crippen molar-refractivity contribution >= 4 is 38.6 Å². The van der Waals surface area contributed by atoms with Gasteiger partial charge in [-0.2, -0.15) is 0 Å². The summed E-state index contributed by atoms with van der Waals surface area (Å²) in [6.07, 6.45) is 0. The maximum absolute atomic E-state index is 10.9. The molecule has 0 bridgehead atoms. The van der Waals surface area contributed by atoms with Crippen molar-refractivity contribution in [1.82, 2.24) is 0 Å². The van der Waals surface area contributed by atoms with E-state index in [-0.39, 0.29) is 5.75 Å². The van der Waals surface area contributed by atoms with E-state index in [4.69, 9.17) is 16.7 Å². The highest BCUT2D eigenvalue weighted by Gasteiger charge is 2.04. The molecule has 0 amide bonds. The third-order valence-corrected chi connectivity index (χ3v) is 4.43. The third-order valence-electron chi connectivity index (χ3n) is 2.41. The number of halogens is 1. The first kappa shape index (κ1) is 14.3. The lowest BCUT2D eigenvalue weighted by molar-refractivity contribution is 0.597. The van der Waals surface area contributed by atoms with E-state index >= 15 is 0 Å². The van der Waals surface area contributed by atoms with Crippen molar-refractivity contribution in [3.05, 3.63) is 51.2 Å². The number of hydrogen-bond acceptors (Lipinski definition) is 4. The molecule has 0 aliphatic rings. The fourth-order valence-corrected chi connectivity index (χ4v) is 3.26. The Morgan fingerprint density at radius 3 is 2.47 bits per heavy atom. The van der Waals surface area contributed by atoms with Crippen LogP contribution in [0.1, 0.15) is 10.4 Å². The molecular weight excluding hydrogens is 304 g/mol. The summed E-state index contributed by atoms with van der Waals surface area (Å²) >= 11 is 7.43. The van der Waals surface area contributed by atoms with Crippen molar-refractivity contribution in [2.75, 3.05) is 5.32 Å². The molecule has 2 rings (SSSR count). The van der Waals surface area contributed by atoms with Crippen molar-refractivity contribution < 1.29 is 8.42 Å². The first-order valence-electron chi connectivity index (χ1n) is 5.48. The predicted octanol–water partition coefficient (Wildman–Crippen LogP) is 2.80. The molecule has 0 saturated carbocycles. The Kier molecular flexibility index (Phi) is 4.46. The SMILES string of the molecule is NS(=O)(=O)Cc1ccc(NCc2cc(Cl)cs2)cc1. The molecule has 3 N–H and O–H groups in total. The molecular formula is C12H13ClN2O2S2. The summed E-state index contributed by atoms with van der Waals surface area (Å²) in [4.78, 5) is 1.14. The smallest absolute Gasteiger partial charge is 0.213 e. The molecule has 0 saturated heterocycles. The van der Waals surface area contributed by atoms with Crippen LogP contribution < -0.4 is 10.5 Å². The zero-order valence-corrected chi connectivity index (χ0v) is 12.4. The van der Waals surface area contributed by atoms with Crippen LogP contribution in [0.3, 0.4) is 0 Å². The maximum Gasteiger partial charge on any atom is 0.213 e. The lowest BCUT2D eigenvalue weighted by atomic mass is 10.2. The molecule has 4 nitrogen and oxygen atoms in total. The Hall–Kier alpha value is -1.08. The highest BCUT2D eigenvalue weighted by molar-refractivity contribution is 7.88. The van der Waals surface area contributed by atoms with Crippen molar-refractivity contribution in [1.29, 1.82) is 0 Å². The van der Waals surface area contributed by atoms with Crippen molar-refractivity contribution in [2.24, 2.45) is 5.14 Å². The van der Waals surface area contributed by atoms with E-state index in [1.54, 1.807) is 23.5 Å². The van der Waals surface area contributed by atoms with E-state index in [0.717, 1.165) is 15.6 Å². The fraction of sp³-hybridized carbons (Fsp3) is 0.167. The number of hydrogen-bond donors (Lipinski definition) is 2. The quantitative estimate of drug-likeness (QED) is 0.891. The van der Waals surface area contributed by atoms with Crippen LogP contribution in [0.25, 0.3) is 0 Å². The molecule has 1 aromatic carbocycles. The molecule has 0 radical (unpaired) electrons. The van der Waals surface area contributed by atoms with Crippen molar-refractivity contribution in [2.45, 2.75) is 12.3 Å². The van der Waals surface area contributed by atoms with Gasteiger partial charge in [0, 0.05) is 22.5 Å². The highest BCUT2D eigenvalue weighted by Crippen LogP contribution is 2.20. The van der Waals surface area contributed by atoms with Crippen molar-refractivity contribution in [3.8, 4) is 0 Å². The second-order valence-corrected chi connectivity index (χ2v) is 7.14. The Bertz CT molecular complexity index is 651. The van der Waals surface area contributed by atoms with Gasteiger partial charge in [0.25, 0.3) is 0 Å². The first-order valence-corrected chi connectivity index (χ1v) is 8.46. The number of rotatable bonds is 5. The molecule has 0 spiro atoms. The van der Waals surface area contributed by atoms with Gasteiger partial charge in [0.15, 0.2) is 0 Å². The number of primary sulfonamides is 1. The van der Waals surface area contributed by atoms with E-state index in [1.165, 1.54) is 0 Å². The maximum atomic E-state index is 10.9. The second-order valence-electron chi connectivity index (χ2n) is 4.09. The van der Waals surface area contributed by atoms with Crippen LogP contribution in [-0.2, 0) is 22.3 Å². The summed E-state index contributed by atoms with van der Waals surface area (Å²) < 4.78 is 21.9. The van der Waals surface area contributed by atoms with Gasteiger partial charge in [-0.1, -0.05) is 23.7 Å². The Balaban J connectivity index is 1.95. The van der Waals surface area contributed by atoms with Crippen molar-refractivity contribution in [3.63, 3.8) is 0 Å². The van der Waals surface area contributed by atoms with E-state index in [1.807, 2.05) is 23.6 Å². The molecule has 0 atom stereocenters. The van der Waals surface area contributed by atoms with Crippen LogP contribution in [0, 0.1) is 0 Å². The number of benzene rings is 1. The molecule has 0 unspecified atom stereocenters. The Morgan fingerprint density at radius 1 is 1.26 bits per heavy atom. The van der Waals surface area contributed by atoms with E-state index in [2.05, 4.69) is 5.32 Å². The van der Waals surface area contributed by atoms with Gasteiger partial charge in [0.05, 0.1) is 10.8 Å². The summed E-state index contributed by atoms with van der Waals surface area (Å²) in [6, 6.07) is 9.06. The highest BCUT2D eigenvalue weighted by atomic mass is 35.5. The monoisotopic (exact) mass is 316 g/mol. The van der Waals surface area contributed by atoms with Crippen LogP contribution in [0.2, 0.25) is 5.02 Å². The lowest BCUT2D eigenvalue weighted by Gasteiger charge is -2.06. The molecule has 19 heavy (non-hydrogen) atoms. The molecule has 7 heteroatoms. The molecule has 102 valence electrons. The molecule has 0 aliphatic heterocycles. The molecule has 0 aliphatic carbocycles. The van der Waals surface area contributed by atoms with Crippen LogP contribution in [0.4, 0.5) is 5.69 Å². The van der Waals surface area contributed by atoms with Crippen LogP contribution in [0.5, 0.6) is 0 Å².